The van der Waals surface area contributed by atoms with Crippen molar-refractivity contribution in [1.82, 2.24) is 5.32 Å². The van der Waals surface area contributed by atoms with Crippen LogP contribution in [0.1, 0.15) is 47.5 Å². The summed E-state index contributed by atoms with van der Waals surface area (Å²) in [4.78, 5) is 22.5. The molecule has 0 aromatic carbocycles. The zero-order valence-electron chi connectivity index (χ0n) is 14.2. The first-order chi connectivity index (χ1) is 9.87. The highest BCUT2D eigenvalue weighted by Gasteiger charge is 2.31. The summed E-state index contributed by atoms with van der Waals surface area (Å²) in [5, 5.41) is 3.40. The van der Waals surface area contributed by atoms with Crippen molar-refractivity contribution in [3.8, 4) is 0 Å². The molecule has 124 valence electrons. The molecule has 0 saturated carbocycles. The Labute approximate surface area is 128 Å². The van der Waals surface area contributed by atoms with E-state index in [0.717, 1.165) is 6.42 Å². The minimum absolute atomic E-state index is 0.0223. The van der Waals surface area contributed by atoms with Crippen molar-refractivity contribution < 1.29 is 19.1 Å². The molecule has 0 aliphatic carbocycles. The number of hydrogen-bond acceptors (Lipinski definition) is 5. The standard InChI is InChI=1S/C16H31NO4/c1-6-15(19)12-21-11-10-20-9-8-17-16(5,7-2)13(3)14(4)18/h13,17H,6-12H2,1-5H3. The van der Waals surface area contributed by atoms with Crippen LogP contribution in [0.4, 0.5) is 0 Å². The molecule has 0 bridgehead atoms. The normalized spacial score (nSPS) is 15.5. The van der Waals surface area contributed by atoms with Gasteiger partial charge in [-0.25, -0.2) is 0 Å². The van der Waals surface area contributed by atoms with Gasteiger partial charge in [-0.1, -0.05) is 20.8 Å². The van der Waals surface area contributed by atoms with Gasteiger partial charge in [-0.05, 0) is 20.3 Å². The number of carbonyl (C=O) groups excluding carboxylic acids is 2. The molecule has 0 aliphatic rings. The predicted octanol–water partition coefficient (Wildman–Crippen LogP) is 1.98. The van der Waals surface area contributed by atoms with E-state index < -0.39 is 0 Å². The van der Waals surface area contributed by atoms with E-state index in [4.69, 9.17) is 9.47 Å². The summed E-state index contributed by atoms with van der Waals surface area (Å²) in [6.45, 7) is 11.9. The quantitative estimate of drug-likeness (QED) is 0.527. The van der Waals surface area contributed by atoms with Gasteiger partial charge in [0.2, 0.25) is 0 Å². The van der Waals surface area contributed by atoms with Gasteiger partial charge in [-0.2, -0.15) is 0 Å². The van der Waals surface area contributed by atoms with Crippen molar-refractivity contribution in [2.75, 3.05) is 33.0 Å². The largest absolute Gasteiger partial charge is 0.378 e. The van der Waals surface area contributed by atoms with E-state index in [9.17, 15) is 9.59 Å². The molecule has 2 unspecified atom stereocenters. The molecule has 2 atom stereocenters. The highest BCUT2D eigenvalue weighted by atomic mass is 16.5. The number of ether oxygens (including phenoxy) is 2. The Morgan fingerprint density at radius 3 is 2.29 bits per heavy atom. The SMILES string of the molecule is CCC(=O)COCCOCCNC(C)(CC)C(C)C(C)=O. The third kappa shape index (κ3) is 8.29. The Bertz CT molecular complexity index is 319. The van der Waals surface area contributed by atoms with E-state index in [1.807, 2.05) is 13.8 Å². The van der Waals surface area contributed by atoms with E-state index in [0.29, 0.717) is 32.8 Å². The van der Waals surface area contributed by atoms with Crippen LogP contribution in [0.2, 0.25) is 0 Å². The van der Waals surface area contributed by atoms with Crippen LogP contribution in [-0.2, 0) is 19.1 Å². The second kappa shape index (κ2) is 10.9. The lowest BCUT2D eigenvalue weighted by atomic mass is 9.82. The molecular weight excluding hydrogens is 270 g/mol. The van der Waals surface area contributed by atoms with Gasteiger partial charge in [0, 0.05) is 24.4 Å². The average molecular weight is 301 g/mol. The third-order valence-corrected chi connectivity index (χ3v) is 4.10. The molecule has 0 radical (unpaired) electrons. The summed E-state index contributed by atoms with van der Waals surface area (Å²) < 4.78 is 10.6. The predicted molar refractivity (Wildman–Crippen MR) is 83.5 cm³/mol. The lowest BCUT2D eigenvalue weighted by molar-refractivity contribution is -0.124. The fraction of sp³-hybridized carbons (Fsp3) is 0.875. The zero-order chi connectivity index (χ0) is 16.3. The Morgan fingerprint density at radius 2 is 1.76 bits per heavy atom. The van der Waals surface area contributed by atoms with Gasteiger partial charge in [-0.15, -0.1) is 0 Å². The van der Waals surface area contributed by atoms with Crippen molar-refractivity contribution in [3.63, 3.8) is 0 Å². The maximum absolute atomic E-state index is 11.5. The Balaban J connectivity index is 3.74. The second-order valence-electron chi connectivity index (χ2n) is 5.59. The monoisotopic (exact) mass is 301 g/mol. The number of hydrogen-bond donors (Lipinski definition) is 1. The fourth-order valence-electron chi connectivity index (χ4n) is 1.95. The molecule has 0 heterocycles. The molecule has 0 aromatic rings. The molecule has 0 saturated heterocycles. The summed E-state index contributed by atoms with van der Waals surface area (Å²) in [6, 6.07) is 0. The highest BCUT2D eigenvalue weighted by molar-refractivity contribution is 5.79. The van der Waals surface area contributed by atoms with Crippen LogP contribution in [0.3, 0.4) is 0 Å². The maximum atomic E-state index is 11.5. The van der Waals surface area contributed by atoms with Crippen molar-refractivity contribution in [2.45, 2.75) is 53.0 Å². The van der Waals surface area contributed by atoms with Gasteiger partial charge in [-0.3, -0.25) is 9.59 Å². The second-order valence-corrected chi connectivity index (χ2v) is 5.59. The Morgan fingerprint density at radius 1 is 1.14 bits per heavy atom. The minimum Gasteiger partial charge on any atom is -0.378 e. The number of rotatable bonds is 13. The van der Waals surface area contributed by atoms with Crippen LogP contribution in [0, 0.1) is 5.92 Å². The van der Waals surface area contributed by atoms with Gasteiger partial charge < -0.3 is 14.8 Å². The Hall–Kier alpha value is -0.780. The Kier molecular flexibility index (Phi) is 10.5. The van der Waals surface area contributed by atoms with E-state index in [2.05, 4.69) is 19.2 Å². The molecule has 0 fully saturated rings. The van der Waals surface area contributed by atoms with Gasteiger partial charge in [0.05, 0.1) is 19.8 Å². The molecule has 21 heavy (non-hydrogen) atoms. The lowest BCUT2D eigenvalue weighted by Gasteiger charge is -2.34. The van der Waals surface area contributed by atoms with Gasteiger partial charge in [0.15, 0.2) is 5.78 Å². The van der Waals surface area contributed by atoms with Gasteiger partial charge in [0.1, 0.15) is 12.4 Å². The van der Waals surface area contributed by atoms with Crippen molar-refractivity contribution in [3.05, 3.63) is 0 Å². The van der Waals surface area contributed by atoms with Crippen LogP contribution in [0.5, 0.6) is 0 Å². The number of ketones is 2. The summed E-state index contributed by atoms with van der Waals surface area (Å²) in [5.41, 5.74) is -0.195. The number of carbonyl (C=O) groups is 2. The van der Waals surface area contributed by atoms with Crippen molar-refractivity contribution in [1.29, 1.82) is 0 Å². The molecular formula is C16H31NO4. The number of Topliss-reactive ketones (excluding diaryl/α,β-unsaturated/α-hetero) is 2. The van der Waals surface area contributed by atoms with Gasteiger partial charge in [0.25, 0.3) is 0 Å². The van der Waals surface area contributed by atoms with Crippen LogP contribution in [0.15, 0.2) is 0 Å². The average Bonchev–Trinajstić information content (AvgIpc) is 2.48. The molecule has 0 rings (SSSR count). The van der Waals surface area contributed by atoms with Crippen LogP contribution >= 0.6 is 0 Å². The molecule has 0 aliphatic heterocycles. The molecule has 0 aromatic heterocycles. The molecule has 0 spiro atoms. The van der Waals surface area contributed by atoms with E-state index in [1.54, 1.807) is 6.92 Å². The maximum Gasteiger partial charge on any atom is 0.158 e. The summed E-state index contributed by atoms with van der Waals surface area (Å²) in [7, 11) is 0. The summed E-state index contributed by atoms with van der Waals surface area (Å²) >= 11 is 0. The topological polar surface area (TPSA) is 64.6 Å². The third-order valence-electron chi connectivity index (χ3n) is 4.10. The summed E-state index contributed by atoms with van der Waals surface area (Å²) in [5.74, 6) is 0.279. The zero-order valence-corrected chi connectivity index (χ0v) is 14.2. The lowest BCUT2D eigenvalue weighted by Crippen LogP contribution is -2.50. The fourth-order valence-corrected chi connectivity index (χ4v) is 1.95. The molecule has 1 N–H and O–H groups in total. The molecule has 5 heteroatoms. The van der Waals surface area contributed by atoms with Crippen LogP contribution in [0.25, 0.3) is 0 Å². The molecule has 5 nitrogen and oxygen atoms in total. The van der Waals surface area contributed by atoms with Crippen LogP contribution in [-0.4, -0.2) is 50.1 Å². The van der Waals surface area contributed by atoms with Gasteiger partial charge >= 0.3 is 0 Å². The first kappa shape index (κ1) is 20.2. The smallest absolute Gasteiger partial charge is 0.158 e. The first-order valence-corrected chi connectivity index (χ1v) is 7.80. The van der Waals surface area contributed by atoms with E-state index in [-0.39, 0.29) is 29.6 Å². The summed E-state index contributed by atoms with van der Waals surface area (Å²) in [6.07, 6.45) is 1.39. The van der Waals surface area contributed by atoms with E-state index in [1.165, 1.54) is 0 Å². The van der Waals surface area contributed by atoms with E-state index >= 15 is 0 Å². The van der Waals surface area contributed by atoms with Crippen molar-refractivity contribution >= 4 is 11.6 Å². The van der Waals surface area contributed by atoms with Crippen molar-refractivity contribution in [2.24, 2.45) is 5.92 Å². The highest BCUT2D eigenvalue weighted by Crippen LogP contribution is 2.21. The minimum atomic E-state index is -0.195. The van der Waals surface area contributed by atoms with Crippen LogP contribution < -0.4 is 5.32 Å². The number of nitrogens with one attached hydrogen (secondary N) is 1. The molecule has 0 amide bonds. The first-order valence-electron chi connectivity index (χ1n) is 7.80.